The third-order valence-electron chi connectivity index (χ3n) is 5.16. The molecule has 0 radical (unpaired) electrons. The standard InChI is InChI=1S/C18H21N3O4S/c1-10-15(11(2)25-20-10)18(23)21-9-13(16-14(21)5-6-24-16)17(22)19-8-12-4-3-7-26-12/h3-4,7,13-14,16H,5-6,8-9H2,1-2H3,(H,19,22)/t13-,14-,16+/m0/s1. The van der Waals surface area contributed by atoms with E-state index in [1.54, 1.807) is 30.1 Å². The fourth-order valence-corrected chi connectivity index (χ4v) is 4.53. The third-order valence-corrected chi connectivity index (χ3v) is 6.03. The van der Waals surface area contributed by atoms with Crippen LogP contribution >= 0.6 is 11.3 Å². The number of aryl methyl sites for hydroxylation is 2. The van der Waals surface area contributed by atoms with Crippen molar-refractivity contribution < 1.29 is 18.8 Å². The van der Waals surface area contributed by atoms with E-state index in [-0.39, 0.29) is 29.9 Å². The van der Waals surface area contributed by atoms with Crippen molar-refractivity contribution in [3.63, 3.8) is 0 Å². The van der Waals surface area contributed by atoms with Gasteiger partial charge in [-0.3, -0.25) is 9.59 Å². The lowest BCUT2D eigenvalue weighted by atomic mass is 10.0. The summed E-state index contributed by atoms with van der Waals surface area (Å²) in [4.78, 5) is 28.6. The molecular weight excluding hydrogens is 354 g/mol. The van der Waals surface area contributed by atoms with E-state index in [9.17, 15) is 9.59 Å². The van der Waals surface area contributed by atoms with Crippen LogP contribution in [-0.2, 0) is 16.1 Å². The van der Waals surface area contributed by atoms with Gasteiger partial charge in [-0.05, 0) is 31.7 Å². The van der Waals surface area contributed by atoms with Gasteiger partial charge in [0.05, 0.1) is 30.3 Å². The van der Waals surface area contributed by atoms with Crippen LogP contribution in [0.1, 0.15) is 33.1 Å². The molecule has 4 heterocycles. The zero-order valence-electron chi connectivity index (χ0n) is 14.7. The van der Waals surface area contributed by atoms with Crippen LogP contribution in [0.2, 0.25) is 0 Å². The number of ether oxygens (including phenoxy) is 1. The van der Waals surface area contributed by atoms with Crippen molar-refractivity contribution in [2.75, 3.05) is 13.2 Å². The first-order valence-corrected chi connectivity index (χ1v) is 9.59. The fraction of sp³-hybridized carbons (Fsp3) is 0.500. The fourth-order valence-electron chi connectivity index (χ4n) is 3.88. The molecule has 1 N–H and O–H groups in total. The molecule has 0 bridgehead atoms. The number of rotatable bonds is 4. The average Bonchev–Trinajstić information content (AvgIpc) is 3.37. The van der Waals surface area contributed by atoms with Crippen LogP contribution in [0, 0.1) is 19.8 Å². The number of thiophene rings is 1. The third kappa shape index (κ3) is 2.93. The summed E-state index contributed by atoms with van der Waals surface area (Å²) in [5.41, 5.74) is 1.07. The molecule has 2 saturated heterocycles. The minimum atomic E-state index is -0.355. The van der Waals surface area contributed by atoms with Gasteiger partial charge in [0.25, 0.3) is 5.91 Å². The molecular formula is C18H21N3O4S. The van der Waals surface area contributed by atoms with Crippen LogP contribution in [0.4, 0.5) is 0 Å². The van der Waals surface area contributed by atoms with Crippen molar-refractivity contribution in [1.82, 2.24) is 15.4 Å². The summed E-state index contributed by atoms with van der Waals surface area (Å²) < 4.78 is 10.9. The van der Waals surface area contributed by atoms with Crippen molar-refractivity contribution in [2.24, 2.45) is 5.92 Å². The van der Waals surface area contributed by atoms with E-state index in [2.05, 4.69) is 10.5 Å². The van der Waals surface area contributed by atoms with E-state index in [0.29, 0.717) is 36.7 Å². The van der Waals surface area contributed by atoms with Gasteiger partial charge in [-0.25, -0.2) is 0 Å². The smallest absolute Gasteiger partial charge is 0.259 e. The highest BCUT2D eigenvalue weighted by molar-refractivity contribution is 7.09. The summed E-state index contributed by atoms with van der Waals surface area (Å²) in [5, 5.41) is 8.84. The lowest BCUT2D eigenvalue weighted by Crippen LogP contribution is -2.37. The maximum absolute atomic E-state index is 13.0. The van der Waals surface area contributed by atoms with Gasteiger partial charge in [0.1, 0.15) is 11.3 Å². The van der Waals surface area contributed by atoms with E-state index < -0.39 is 0 Å². The van der Waals surface area contributed by atoms with Crippen molar-refractivity contribution in [1.29, 1.82) is 0 Å². The molecule has 2 aliphatic rings. The number of hydrogen-bond acceptors (Lipinski definition) is 6. The molecule has 0 aliphatic carbocycles. The first-order valence-electron chi connectivity index (χ1n) is 8.72. The van der Waals surface area contributed by atoms with E-state index in [4.69, 9.17) is 9.26 Å². The molecule has 2 aliphatic heterocycles. The molecule has 2 aromatic rings. The zero-order valence-corrected chi connectivity index (χ0v) is 15.5. The monoisotopic (exact) mass is 375 g/mol. The molecule has 4 rings (SSSR count). The number of aromatic nitrogens is 1. The van der Waals surface area contributed by atoms with Crippen molar-refractivity contribution >= 4 is 23.2 Å². The van der Waals surface area contributed by atoms with E-state index in [1.807, 2.05) is 17.5 Å². The van der Waals surface area contributed by atoms with Crippen LogP contribution in [0.5, 0.6) is 0 Å². The van der Waals surface area contributed by atoms with Gasteiger partial charge in [0, 0.05) is 18.0 Å². The molecule has 0 unspecified atom stereocenters. The second kappa shape index (κ2) is 6.85. The summed E-state index contributed by atoms with van der Waals surface area (Å²) in [6, 6.07) is 3.87. The molecule has 2 fully saturated rings. The molecule has 0 saturated carbocycles. The largest absolute Gasteiger partial charge is 0.375 e. The Morgan fingerprint density at radius 2 is 2.27 bits per heavy atom. The van der Waals surface area contributed by atoms with Crippen LogP contribution in [0.15, 0.2) is 22.0 Å². The highest BCUT2D eigenvalue weighted by Crippen LogP contribution is 2.35. The number of amides is 2. The number of fused-ring (bicyclic) bond motifs is 1. The van der Waals surface area contributed by atoms with E-state index in [0.717, 1.165) is 11.3 Å². The van der Waals surface area contributed by atoms with Crippen molar-refractivity contribution in [3.8, 4) is 0 Å². The predicted molar refractivity (Wildman–Crippen MR) is 94.8 cm³/mol. The van der Waals surface area contributed by atoms with Crippen LogP contribution in [0.25, 0.3) is 0 Å². The molecule has 26 heavy (non-hydrogen) atoms. The van der Waals surface area contributed by atoms with Crippen molar-refractivity contribution in [2.45, 2.75) is 39.0 Å². The molecule has 3 atom stereocenters. The molecule has 0 spiro atoms. The number of carbonyl (C=O) groups excluding carboxylic acids is 2. The molecule has 7 nitrogen and oxygen atoms in total. The van der Waals surface area contributed by atoms with Crippen LogP contribution in [-0.4, -0.2) is 47.2 Å². The summed E-state index contributed by atoms with van der Waals surface area (Å²) in [5.74, 6) is -0.0416. The lowest BCUT2D eigenvalue weighted by molar-refractivity contribution is -0.127. The summed E-state index contributed by atoms with van der Waals surface area (Å²) in [6.07, 6.45) is 0.497. The second-order valence-corrected chi connectivity index (χ2v) is 7.78. The van der Waals surface area contributed by atoms with Gasteiger partial charge in [0.15, 0.2) is 0 Å². The highest BCUT2D eigenvalue weighted by atomic mass is 32.1. The van der Waals surface area contributed by atoms with Gasteiger partial charge in [0.2, 0.25) is 5.91 Å². The first-order chi connectivity index (χ1) is 12.6. The van der Waals surface area contributed by atoms with Crippen LogP contribution in [0.3, 0.4) is 0 Å². The number of nitrogens with zero attached hydrogens (tertiary/aromatic N) is 2. The molecule has 2 amide bonds. The average molecular weight is 375 g/mol. The Morgan fingerprint density at radius 3 is 2.96 bits per heavy atom. The molecule has 8 heteroatoms. The predicted octanol–water partition coefficient (Wildman–Crippen LogP) is 1.90. The molecule has 0 aromatic carbocycles. The number of nitrogens with one attached hydrogen (secondary N) is 1. The number of likely N-dealkylation sites (tertiary alicyclic amines) is 1. The van der Waals surface area contributed by atoms with E-state index >= 15 is 0 Å². The minimum Gasteiger partial charge on any atom is -0.375 e. The Hall–Kier alpha value is -2.19. The molecule has 138 valence electrons. The Labute approximate surface area is 155 Å². The number of hydrogen-bond donors (Lipinski definition) is 1. The lowest BCUT2D eigenvalue weighted by Gasteiger charge is -2.22. The SMILES string of the molecule is Cc1noc(C)c1C(=O)N1C[C@H](C(=O)NCc2cccs2)[C@H]2OCC[C@@H]21. The van der Waals surface area contributed by atoms with Gasteiger partial charge in [-0.2, -0.15) is 0 Å². The molecule has 2 aromatic heterocycles. The maximum Gasteiger partial charge on any atom is 0.259 e. The summed E-state index contributed by atoms with van der Waals surface area (Å²) >= 11 is 1.61. The Morgan fingerprint density at radius 1 is 1.42 bits per heavy atom. The maximum atomic E-state index is 13.0. The second-order valence-electron chi connectivity index (χ2n) is 6.75. The van der Waals surface area contributed by atoms with Crippen LogP contribution < -0.4 is 5.32 Å². The zero-order chi connectivity index (χ0) is 18.3. The Balaban J connectivity index is 1.50. The highest BCUT2D eigenvalue weighted by Gasteiger charge is 2.51. The van der Waals surface area contributed by atoms with Gasteiger partial charge >= 0.3 is 0 Å². The topological polar surface area (TPSA) is 84.7 Å². The van der Waals surface area contributed by atoms with E-state index in [1.165, 1.54) is 0 Å². The first kappa shape index (κ1) is 17.2. The Bertz CT molecular complexity index is 797. The van der Waals surface area contributed by atoms with Gasteiger partial charge in [-0.15, -0.1) is 11.3 Å². The van der Waals surface area contributed by atoms with Gasteiger partial charge in [-0.1, -0.05) is 11.2 Å². The van der Waals surface area contributed by atoms with Crippen molar-refractivity contribution in [3.05, 3.63) is 39.4 Å². The minimum absolute atomic E-state index is 0.0654. The normalized spacial score (nSPS) is 24.7. The Kier molecular flexibility index (Phi) is 4.54. The number of carbonyl (C=O) groups is 2. The summed E-state index contributed by atoms with van der Waals surface area (Å²) in [7, 11) is 0. The summed E-state index contributed by atoms with van der Waals surface area (Å²) in [6.45, 7) is 4.91. The van der Waals surface area contributed by atoms with Gasteiger partial charge < -0.3 is 19.5 Å². The quantitative estimate of drug-likeness (QED) is 0.882.